The molecule has 0 aromatic heterocycles. The lowest BCUT2D eigenvalue weighted by Gasteiger charge is -2.28. The monoisotopic (exact) mass is 552 g/mol. The van der Waals surface area contributed by atoms with Crippen molar-refractivity contribution >= 4 is 41.0 Å². The second-order valence-electron chi connectivity index (χ2n) is 10.7. The Morgan fingerprint density at radius 3 is 2.12 bits per heavy atom. The molecule has 5 atom stereocenters. The molecule has 0 radical (unpaired) electrons. The van der Waals surface area contributed by atoms with Crippen LogP contribution in [0, 0.1) is 23.7 Å². The highest BCUT2D eigenvalue weighted by molar-refractivity contribution is 6.22. The number of carbonyl (C=O) groups excluding carboxylic acids is 5. The molecule has 1 N–H and O–H groups in total. The van der Waals surface area contributed by atoms with E-state index < -0.39 is 24.5 Å². The molecule has 2 bridgehead atoms. The fourth-order valence-corrected chi connectivity index (χ4v) is 6.76. The summed E-state index contributed by atoms with van der Waals surface area (Å²) in [4.78, 5) is 64.5. The summed E-state index contributed by atoms with van der Waals surface area (Å²) in [5.41, 5.74) is 2.60. The Morgan fingerprint density at radius 2 is 1.44 bits per heavy atom. The van der Waals surface area contributed by atoms with Gasteiger partial charge in [0.05, 0.1) is 35.8 Å². The normalized spacial score (nSPS) is 24.2. The molecule has 3 amide bonds. The third-order valence-corrected chi connectivity index (χ3v) is 8.53. The maximum absolute atomic E-state index is 13.5. The van der Waals surface area contributed by atoms with Crippen LogP contribution in [0.2, 0.25) is 0 Å². The third-order valence-electron chi connectivity index (χ3n) is 8.53. The van der Waals surface area contributed by atoms with Crippen LogP contribution in [0.15, 0.2) is 78.9 Å². The number of benzene rings is 3. The van der Waals surface area contributed by atoms with Crippen LogP contribution in [0.5, 0.6) is 0 Å². The standard InChI is InChI=1S/C32H28N2O7/c1-40-31(38)19-7-11-22(12-8-19)33-26(35)17-41-32(39)20-9-13-23(14-10-20)34-29(36)27-21-15-24(18-5-3-2-4-6-18)25(16-21)28(27)30(34)37/h2-14,21,24-25,27-28H,15-17H2,1H3,(H,33,35)/t21-,24-,25+,27+,28+/m0/s1. The van der Waals surface area contributed by atoms with E-state index in [4.69, 9.17) is 4.74 Å². The van der Waals surface area contributed by atoms with Gasteiger partial charge in [-0.2, -0.15) is 0 Å². The average Bonchev–Trinajstić information content (AvgIpc) is 3.67. The number of hydrogen-bond donors (Lipinski definition) is 1. The summed E-state index contributed by atoms with van der Waals surface area (Å²) in [7, 11) is 1.28. The quantitative estimate of drug-likeness (QED) is 0.345. The molecule has 2 saturated carbocycles. The minimum absolute atomic E-state index is 0.153. The summed E-state index contributed by atoms with van der Waals surface area (Å²) in [6.07, 6.45) is 1.82. The zero-order chi connectivity index (χ0) is 28.7. The first-order chi connectivity index (χ1) is 19.9. The zero-order valence-corrected chi connectivity index (χ0v) is 22.3. The van der Waals surface area contributed by atoms with Gasteiger partial charge in [-0.1, -0.05) is 30.3 Å². The number of fused-ring (bicyclic) bond motifs is 5. The molecule has 0 spiro atoms. The molecule has 2 aliphatic carbocycles. The Hall–Kier alpha value is -4.79. The van der Waals surface area contributed by atoms with Crippen molar-refractivity contribution in [2.75, 3.05) is 23.9 Å². The van der Waals surface area contributed by atoms with E-state index in [1.54, 1.807) is 12.1 Å². The van der Waals surface area contributed by atoms with Gasteiger partial charge in [-0.15, -0.1) is 0 Å². The molecule has 3 aromatic rings. The first-order valence-electron chi connectivity index (χ1n) is 13.5. The van der Waals surface area contributed by atoms with Gasteiger partial charge in [0.15, 0.2) is 6.61 Å². The van der Waals surface area contributed by atoms with Crippen molar-refractivity contribution in [3.63, 3.8) is 0 Å². The summed E-state index contributed by atoms with van der Waals surface area (Å²) in [6.45, 7) is -0.517. The van der Waals surface area contributed by atoms with Crippen LogP contribution in [-0.4, -0.2) is 43.4 Å². The number of carbonyl (C=O) groups is 5. The molecule has 1 aliphatic heterocycles. The second-order valence-corrected chi connectivity index (χ2v) is 10.7. The van der Waals surface area contributed by atoms with Crippen LogP contribution in [0.1, 0.15) is 45.0 Å². The Kier molecular flexibility index (Phi) is 6.86. The highest BCUT2D eigenvalue weighted by atomic mass is 16.5. The van der Waals surface area contributed by atoms with E-state index in [2.05, 4.69) is 22.2 Å². The summed E-state index contributed by atoms with van der Waals surface area (Å²) in [5.74, 6) is -2.05. The fourth-order valence-electron chi connectivity index (χ4n) is 6.76. The van der Waals surface area contributed by atoms with Gasteiger partial charge in [0.2, 0.25) is 11.8 Å². The van der Waals surface area contributed by atoms with E-state index in [0.29, 0.717) is 16.9 Å². The molecule has 0 unspecified atom stereocenters. The Labute approximate surface area is 236 Å². The van der Waals surface area contributed by atoms with E-state index in [0.717, 1.165) is 12.8 Å². The van der Waals surface area contributed by atoms with Crippen molar-refractivity contribution in [3.8, 4) is 0 Å². The van der Waals surface area contributed by atoms with Crippen LogP contribution in [0.4, 0.5) is 11.4 Å². The van der Waals surface area contributed by atoms with Crippen molar-refractivity contribution in [2.45, 2.75) is 18.8 Å². The summed E-state index contributed by atoms with van der Waals surface area (Å²) in [5, 5.41) is 2.58. The number of hydrogen-bond acceptors (Lipinski definition) is 7. The molecule has 3 aromatic carbocycles. The predicted octanol–water partition coefficient (Wildman–Crippen LogP) is 4.20. The first kappa shape index (κ1) is 26.4. The van der Waals surface area contributed by atoms with Gasteiger partial charge < -0.3 is 14.8 Å². The summed E-state index contributed by atoms with van der Waals surface area (Å²) in [6, 6.07) is 22.4. The lowest BCUT2D eigenvalue weighted by Crippen LogP contribution is -2.33. The number of amides is 3. The van der Waals surface area contributed by atoms with Gasteiger partial charge >= 0.3 is 11.9 Å². The van der Waals surface area contributed by atoms with Crippen LogP contribution in [0.3, 0.4) is 0 Å². The molecular formula is C32H28N2O7. The summed E-state index contributed by atoms with van der Waals surface area (Å²) < 4.78 is 9.77. The SMILES string of the molecule is COC(=O)c1ccc(NC(=O)COC(=O)c2ccc(N3C(=O)[C@@H]4[C@@H]5C[C@@H]([C@H]4C3=O)[C@H](c3ccccc3)C5)cc2)cc1. The van der Waals surface area contributed by atoms with Gasteiger partial charge in [-0.25, -0.2) is 9.59 Å². The number of ether oxygens (including phenoxy) is 2. The van der Waals surface area contributed by atoms with Crippen molar-refractivity contribution in [1.29, 1.82) is 0 Å². The maximum atomic E-state index is 13.5. The van der Waals surface area contributed by atoms with Crippen molar-refractivity contribution < 1.29 is 33.4 Å². The molecule has 1 saturated heterocycles. The number of rotatable bonds is 7. The predicted molar refractivity (Wildman–Crippen MR) is 148 cm³/mol. The van der Waals surface area contributed by atoms with Crippen molar-refractivity contribution in [3.05, 3.63) is 95.6 Å². The summed E-state index contributed by atoms with van der Waals surface area (Å²) >= 11 is 0. The Morgan fingerprint density at radius 1 is 0.805 bits per heavy atom. The highest BCUT2D eigenvalue weighted by Gasteiger charge is 2.64. The number of methoxy groups -OCH3 is 1. The first-order valence-corrected chi connectivity index (χ1v) is 13.5. The number of nitrogens with zero attached hydrogens (tertiary/aromatic N) is 1. The smallest absolute Gasteiger partial charge is 0.338 e. The van der Waals surface area contributed by atoms with Crippen LogP contribution in [0.25, 0.3) is 0 Å². The topological polar surface area (TPSA) is 119 Å². The number of nitrogens with one attached hydrogen (secondary N) is 1. The molecule has 41 heavy (non-hydrogen) atoms. The lowest BCUT2D eigenvalue weighted by molar-refractivity contribution is -0.123. The minimum Gasteiger partial charge on any atom is -0.465 e. The van der Waals surface area contributed by atoms with E-state index >= 15 is 0 Å². The average molecular weight is 553 g/mol. The van der Waals surface area contributed by atoms with E-state index in [1.165, 1.54) is 54.0 Å². The van der Waals surface area contributed by atoms with E-state index in [-0.39, 0.29) is 47.0 Å². The van der Waals surface area contributed by atoms with Gasteiger partial charge in [-0.3, -0.25) is 19.3 Å². The van der Waals surface area contributed by atoms with Crippen LogP contribution < -0.4 is 10.2 Å². The van der Waals surface area contributed by atoms with Gasteiger partial charge in [0.25, 0.3) is 5.91 Å². The van der Waals surface area contributed by atoms with Gasteiger partial charge in [-0.05, 0) is 84.7 Å². The molecular weight excluding hydrogens is 524 g/mol. The van der Waals surface area contributed by atoms with Crippen LogP contribution >= 0.6 is 0 Å². The van der Waals surface area contributed by atoms with Gasteiger partial charge in [0.1, 0.15) is 0 Å². The number of anilines is 2. The molecule has 3 aliphatic rings. The van der Waals surface area contributed by atoms with Crippen molar-refractivity contribution in [1.82, 2.24) is 0 Å². The molecule has 9 nitrogen and oxygen atoms in total. The van der Waals surface area contributed by atoms with Crippen LogP contribution in [-0.2, 0) is 23.9 Å². The molecule has 9 heteroatoms. The number of esters is 2. The third kappa shape index (κ3) is 4.77. The van der Waals surface area contributed by atoms with Crippen molar-refractivity contribution in [2.24, 2.45) is 23.7 Å². The fraction of sp³-hybridized carbons (Fsp3) is 0.281. The number of imide groups is 1. The van der Waals surface area contributed by atoms with E-state index in [1.807, 2.05) is 18.2 Å². The van der Waals surface area contributed by atoms with E-state index in [9.17, 15) is 24.0 Å². The molecule has 3 fully saturated rings. The lowest BCUT2D eigenvalue weighted by atomic mass is 9.73. The van der Waals surface area contributed by atoms with Gasteiger partial charge in [0, 0.05) is 5.69 Å². The Balaban J connectivity index is 1.06. The molecule has 1 heterocycles. The highest BCUT2D eigenvalue weighted by Crippen LogP contribution is 2.61. The Bertz CT molecular complexity index is 1520. The molecule has 208 valence electrons. The zero-order valence-electron chi connectivity index (χ0n) is 22.3. The minimum atomic E-state index is -0.715. The maximum Gasteiger partial charge on any atom is 0.338 e. The second kappa shape index (κ2) is 10.6. The molecule has 6 rings (SSSR count). The largest absolute Gasteiger partial charge is 0.465 e.